The molecule has 1 amide bonds. The van der Waals surface area contributed by atoms with Crippen molar-refractivity contribution in [2.45, 2.75) is 0 Å². The highest BCUT2D eigenvalue weighted by Crippen LogP contribution is 2.27. The highest BCUT2D eigenvalue weighted by Gasteiger charge is 2.14. The topological polar surface area (TPSA) is 77.5 Å². The van der Waals surface area contributed by atoms with Gasteiger partial charge in [-0.1, -0.05) is 23.2 Å². The molecule has 23 heavy (non-hydrogen) atoms. The lowest BCUT2D eigenvalue weighted by Crippen LogP contribution is -2.21. The van der Waals surface area contributed by atoms with E-state index in [4.69, 9.17) is 32.7 Å². The number of ether oxygens (including phenoxy) is 2. The Bertz CT molecular complexity index is 737. The van der Waals surface area contributed by atoms with Gasteiger partial charge in [0.25, 0.3) is 5.91 Å². The highest BCUT2D eigenvalue weighted by molar-refractivity contribution is 6.32. The molecule has 120 valence electrons. The van der Waals surface area contributed by atoms with Crippen molar-refractivity contribution >= 4 is 40.8 Å². The summed E-state index contributed by atoms with van der Waals surface area (Å²) in [6.07, 6.45) is 1.44. The van der Waals surface area contributed by atoms with Gasteiger partial charge in [0, 0.05) is 11.9 Å². The first kappa shape index (κ1) is 17.1. The van der Waals surface area contributed by atoms with Crippen LogP contribution in [0.15, 0.2) is 36.5 Å². The summed E-state index contributed by atoms with van der Waals surface area (Å²) in [5, 5.41) is 2.92. The van der Waals surface area contributed by atoms with Gasteiger partial charge < -0.3 is 14.8 Å². The molecule has 1 N–H and O–H groups in total. The monoisotopic (exact) mass is 354 g/mol. The van der Waals surface area contributed by atoms with Crippen LogP contribution in [0.2, 0.25) is 10.2 Å². The van der Waals surface area contributed by atoms with Crippen LogP contribution < -0.4 is 10.1 Å². The molecule has 0 unspecified atom stereocenters. The second-order valence-corrected chi connectivity index (χ2v) is 5.08. The summed E-state index contributed by atoms with van der Waals surface area (Å²) < 4.78 is 9.90. The number of nitrogens with zero attached hydrogens (tertiary/aromatic N) is 1. The van der Waals surface area contributed by atoms with Crippen LogP contribution in [0.4, 0.5) is 5.69 Å². The number of hydrogen-bond donors (Lipinski definition) is 1. The lowest BCUT2D eigenvalue weighted by Gasteiger charge is -2.09. The fourth-order valence-corrected chi connectivity index (χ4v) is 2.14. The number of carbonyl (C=O) groups excluding carboxylic acids is 2. The number of benzene rings is 1. The number of nitrogens with one attached hydrogen (secondary N) is 1. The molecule has 0 aliphatic rings. The zero-order valence-corrected chi connectivity index (χ0v) is 13.5. The predicted octanol–water partition coefficient (Wildman–Crippen LogP) is 3.19. The van der Waals surface area contributed by atoms with Gasteiger partial charge in [-0.3, -0.25) is 4.79 Å². The van der Waals surface area contributed by atoms with Gasteiger partial charge >= 0.3 is 5.97 Å². The molecule has 0 bridgehead atoms. The van der Waals surface area contributed by atoms with E-state index in [-0.39, 0.29) is 10.7 Å². The number of rotatable bonds is 5. The second-order valence-electron chi connectivity index (χ2n) is 4.32. The van der Waals surface area contributed by atoms with Crippen LogP contribution in [-0.4, -0.2) is 30.6 Å². The standard InChI is InChI=1S/C15H12Cl2N2O4/c1-22-12-5-4-9(7-11(12)16)19-13(20)8-23-15(21)10-3-2-6-18-14(10)17/h2-7H,8H2,1H3,(H,19,20). The number of carbonyl (C=O) groups is 2. The van der Waals surface area contributed by atoms with Gasteiger partial charge in [0.05, 0.1) is 17.7 Å². The maximum atomic E-state index is 11.8. The molecular formula is C15H12Cl2N2O4. The van der Waals surface area contributed by atoms with Crippen LogP contribution in [0.25, 0.3) is 0 Å². The summed E-state index contributed by atoms with van der Waals surface area (Å²) in [6.45, 7) is -0.465. The van der Waals surface area contributed by atoms with Crippen LogP contribution in [0.5, 0.6) is 5.75 Å². The molecule has 2 aromatic rings. The number of anilines is 1. The van der Waals surface area contributed by atoms with E-state index >= 15 is 0 Å². The van der Waals surface area contributed by atoms with E-state index in [0.29, 0.717) is 16.5 Å². The zero-order valence-electron chi connectivity index (χ0n) is 12.0. The van der Waals surface area contributed by atoms with Crippen LogP contribution >= 0.6 is 23.2 Å². The average molecular weight is 355 g/mol. The molecule has 0 aliphatic heterocycles. The Kier molecular flexibility index (Phi) is 5.78. The van der Waals surface area contributed by atoms with Gasteiger partial charge in [0.1, 0.15) is 10.9 Å². The van der Waals surface area contributed by atoms with Crippen molar-refractivity contribution in [1.82, 2.24) is 4.98 Å². The number of pyridine rings is 1. The van der Waals surface area contributed by atoms with E-state index < -0.39 is 18.5 Å². The maximum absolute atomic E-state index is 11.8. The van der Waals surface area contributed by atoms with E-state index in [1.165, 1.54) is 25.4 Å². The summed E-state index contributed by atoms with van der Waals surface area (Å²) in [4.78, 5) is 27.3. The maximum Gasteiger partial charge on any atom is 0.341 e. The Morgan fingerprint density at radius 2 is 2.04 bits per heavy atom. The van der Waals surface area contributed by atoms with Gasteiger partial charge in [-0.25, -0.2) is 9.78 Å². The number of halogens is 2. The Balaban J connectivity index is 1.91. The Morgan fingerprint density at radius 3 is 2.70 bits per heavy atom. The predicted molar refractivity (Wildman–Crippen MR) is 86.2 cm³/mol. The molecule has 1 heterocycles. The lowest BCUT2D eigenvalue weighted by atomic mass is 10.3. The molecule has 0 aliphatic carbocycles. The van der Waals surface area contributed by atoms with E-state index in [9.17, 15) is 9.59 Å². The Hall–Kier alpha value is -2.31. The number of aromatic nitrogens is 1. The SMILES string of the molecule is COc1ccc(NC(=O)COC(=O)c2cccnc2Cl)cc1Cl. The molecule has 8 heteroatoms. The Labute approximate surface area is 142 Å². The largest absolute Gasteiger partial charge is 0.495 e. The summed E-state index contributed by atoms with van der Waals surface area (Å²) in [5.74, 6) is -0.757. The first-order valence-electron chi connectivity index (χ1n) is 6.42. The number of methoxy groups -OCH3 is 1. The quantitative estimate of drug-likeness (QED) is 0.658. The average Bonchev–Trinajstić information content (AvgIpc) is 2.53. The van der Waals surface area contributed by atoms with Crippen LogP contribution in [0.3, 0.4) is 0 Å². The molecule has 6 nitrogen and oxygen atoms in total. The Morgan fingerprint density at radius 1 is 1.26 bits per heavy atom. The van der Waals surface area contributed by atoms with Crippen LogP contribution in [-0.2, 0) is 9.53 Å². The first-order chi connectivity index (χ1) is 11.0. The first-order valence-corrected chi connectivity index (χ1v) is 7.18. The summed E-state index contributed by atoms with van der Waals surface area (Å²) in [6, 6.07) is 7.75. The minimum atomic E-state index is -0.731. The van der Waals surface area contributed by atoms with Crippen molar-refractivity contribution < 1.29 is 19.1 Å². The zero-order chi connectivity index (χ0) is 16.8. The lowest BCUT2D eigenvalue weighted by molar-refractivity contribution is -0.119. The van der Waals surface area contributed by atoms with Gasteiger partial charge in [-0.15, -0.1) is 0 Å². The minimum Gasteiger partial charge on any atom is -0.495 e. The fourth-order valence-electron chi connectivity index (χ4n) is 1.69. The molecule has 2 rings (SSSR count). The van der Waals surface area contributed by atoms with E-state index in [0.717, 1.165) is 0 Å². The van der Waals surface area contributed by atoms with Crippen molar-refractivity contribution in [1.29, 1.82) is 0 Å². The van der Waals surface area contributed by atoms with Gasteiger partial charge in [0.15, 0.2) is 6.61 Å². The third-order valence-corrected chi connectivity index (χ3v) is 3.35. The van der Waals surface area contributed by atoms with E-state index in [1.54, 1.807) is 18.2 Å². The molecule has 1 aromatic heterocycles. The molecule has 0 saturated heterocycles. The van der Waals surface area contributed by atoms with Crippen molar-refractivity contribution in [2.75, 3.05) is 19.0 Å². The molecule has 0 saturated carbocycles. The molecule has 0 atom stereocenters. The molecule has 0 fully saturated rings. The molecule has 1 aromatic carbocycles. The van der Waals surface area contributed by atoms with Crippen LogP contribution in [0, 0.1) is 0 Å². The van der Waals surface area contributed by atoms with Crippen molar-refractivity contribution in [3.63, 3.8) is 0 Å². The third kappa shape index (κ3) is 4.58. The summed E-state index contributed by atoms with van der Waals surface area (Å²) in [5.41, 5.74) is 0.547. The molecule has 0 spiro atoms. The third-order valence-electron chi connectivity index (χ3n) is 2.75. The highest BCUT2D eigenvalue weighted by atomic mass is 35.5. The van der Waals surface area contributed by atoms with Crippen molar-refractivity contribution in [2.24, 2.45) is 0 Å². The normalized spacial score (nSPS) is 10.0. The molecular weight excluding hydrogens is 343 g/mol. The number of hydrogen-bond acceptors (Lipinski definition) is 5. The minimum absolute atomic E-state index is 0.0137. The smallest absolute Gasteiger partial charge is 0.341 e. The molecule has 0 radical (unpaired) electrons. The van der Waals surface area contributed by atoms with Gasteiger partial charge in [-0.2, -0.15) is 0 Å². The van der Waals surface area contributed by atoms with Crippen LogP contribution in [0.1, 0.15) is 10.4 Å². The fraction of sp³-hybridized carbons (Fsp3) is 0.133. The second kappa shape index (κ2) is 7.80. The summed E-state index contributed by atoms with van der Waals surface area (Å²) in [7, 11) is 1.49. The summed E-state index contributed by atoms with van der Waals surface area (Å²) >= 11 is 11.7. The van der Waals surface area contributed by atoms with Gasteiger partial charge in [0.2, 0.25) is 0 Å². The van der Waals surface area contributed by atoms with Crippen molar-refractivity contribution in [3.8, 4) is 5.75 Å². The number of esters is 1. The van der Waals surface area contributed by atoms with E-state index in [2.05, 4.69) is 10.3 Å². The van der Waals surface area contributed by atoms with E-state index in [1.807, 2.05) is 0 Å². The van der Waals surface area contributed by atoms with Gasteiger partial charge in [-0.05, 0) is 30.3 Å². The number of amides is 1. The van der Waals surface area contributed by atoms with Crippen molar-refractivity contribution in [3.05, 3.63) is 52.3 Å².